The number of carbonyl (C=O) groups excluding carboxylic acids is 1. The molecule has 0 saturated heterocycles. The molecular formula is C29H31NO5. The maximum atomic E-state index is 13.4. The van der Waals surface area contributed by atoms with Gasteiger partial charge in [-0.3, -0.25) is 4.79 Å². The second kappa shape index (κ2) is 9.30. The van der Waals surface area contributed by atoms with Crippen LogP contribution in [0.15, 0.2) is 36.4 Å². The van der Waals surface area contributed by atoms with E-state index < -0.39 is 0 Å². The number of benzene rings is 2. The van der Waals surface area contributed by atoms with Gasteiger partial charge in [0.1, 0.15) is 0 Å². The lowest BCUT2D eigenvalue weighted by Gasteiger charge is -2.55. The minimum absolute atomic E-state index is 0.110. The van der Waals surface area contributed by atoms with Gasteiger partial charge in [0.25, 0.3) is 0 Å². The molecule has 4 aliphatic rings. The summed E-state index contributed by atoms with van der Waals surface area (Å²) in [7, 11) is 4.69. The SMILES string of the molecule is COc1ccc(/C(C#N)=C\c2ccc(OC(=O)C34CC5CC(CC(C5)C3)C4)c(OC)c2)cc1OC. The third-order valence-electron chi connectivity index (χ3n) is 7.99. The molecule has 0 N–H and O–H groups in total. The summed E-state index contributed by atoms with van der Waals surface area (Å²) in [5, 5.41) is 9.79. The highest BCUT2D eigenvalue weighted by Gasteiger charge is 2.55. The summed E-state index contributed by atoms with van der Waals surface area (Å²) in [6.45, 7) is 0. The minimum atomic E-state index is -0.334. The zero-order valence-corrected chi connectivity index (χ0v) is 20.5. The molecule has 0 amide bonds. The van der Waals surface area contributed by atoms with Gasteiger partial charge in [-0.05, 0) is 104 Å². The van der Waals surface area contributed by atoms with Gasteiger partial charge in [-0.25, -0.2) is 0 Å². The van der Waals surface area contributed by atoms with Gasteiger partial charge >= 0.3 is 5.97 Å². The Labute approximate surface area is 206 Å². The summed E-state index contributed by atoms with van der Waals surface area (Å²) in [6.07, 6.45) is 8.47. The Morgan fingerprint density at radius 1 is 0.857 bits per heavy atom. The van der Waals surface area contributed by atoms with Gasteiger partial charge in [-0.1, -0.05) is 6.07 Å². The molecule has 0 aromatic heterocycles. The van der Waals surface area contributed by atoms with E-state index in [0.29, 0.717) is 51.9 Å². The average Bonchev–Trinajstić information content (AvgIpc) is 2.86. The number of nitriles is 1. The first-order chi connectivity index (χ1) is 17.0. The molecule has 0 heterocycles. The largest absolute Gasteiger partial charge is 0.493 e. The summed E-state index contributed by atoms with van der Waals surface area (Å²) in [5.41, 5.74) is 1.61. The highest BCUT2D eigenvalue weighted by atomic mass is 16.6. The Morgan fingerprint density at radius 2 is 1.43 bits per heavy atom. The average molecular weight is 474 g/mol. The van der Waals surface area contributed by atoms with Crippen LogP contribution in [0.3, 0.4) is 0 Å². The number of hydrogen-bond donors (Lipinski definition) is 0. The lowest BCUT2D eigenvalue weighted by atomic mass is 9.49. The van der Waals surface area contributed by atoms with Crippen LogP contribution < -0.4 is 18.9 Å². The van der Waals surface area contributed by atoms with Crippen molar-refractivity contribution < 1.29 is 23.7 Å². The number of methoxy groups -OCH3 is 3. The van der Waals surface area contributed by atoms with Crippen molar-refractivity contribution in [3.8, 4) is 29.1 Å². The molecule has 4 saturated carbocycles. The molecule has 4 fully saturated rings. The summed E-state index contributed by atoms with van der Waals surface area (Å²) in [4.78, 5) is 13.4. The van der Waals surface area contributed by atoms with E-state index in [1.54, 1.807) is 51.7 Å². The van der Waals surface area contributed by atoms with E-state index in [1.165, 1.54) is 19.3 Å². The van der Waals surface area contributed by atoms with Crippen molar-refractivity contribution in [1.29, 1.82) is 5.26 Å². The molecule has 6 nitrogen and oxygen atoms in total. The van der Waals surface area contributed by atoms with Crippen molar-refractivity contribution in [2.24, 2.45) is 23.2 Å². The molecule has 2 aromatic carbocycles. The van der Waals surface area contributed by atoms with E-state index in [0.717, 1.165) is 24.8 Å². The Balaban J connectivity index is 1.38. The zero-order valence-electron chi connectivity index (χ0n) is 20.5. The van der Waals surface area contributed by atoms with Crippen molar-refractivity contribution in [3.05, 3.63) is 47.5 Å². The first-order valence-corrected chi connectivity index (χ1v) is 12.2. The third-order valence-corrected chi connectivity index (χ3v) is 7.99. The molecule has 2 aromatic rings. The van der Waals surface area contributed by atoms with E-state index >= 15 is 0 Å². The normalized spacial score (nSPS) is 26.7. The van der Waals surface area contributed by atoms with Crippen LogP contribution in [0.25, 0.3) is 11.6 Å². The Bertz CT molecular complexity index is 1170. The van der Waals surface area contributed by atoms with Crippen LogP contribution in [0.2, 0.25) is 0 Å². The van der Waals surface area contributed by atoms with Gasteiger partial charge in [0.05, 0.1) is 38.4 Å². The predicted molar refractivity (Wildman–Crippen MR) is 132 cm³/mol. The van der Waals surface area contributed by atoms with E-state index in [2.05, 4.69) is 6.07 Å². The van der Waals surface area contributed by atoms with E-state index in [-0.39, 0.29) is 11.4 Å². The lowest BCUT2D eigenvalue weighted by molar-refractivity contribution is -0.161. The standard InChI is InChI=1S/C29H31NO5/c1-32-24-7-5-22(13-27(24)34-3)23(17-30)11-18-4-6-25(26(12-18)33-2)35-28(31)29-14-19-8-20(15-29)10-21(9-19)16-29/h4-7,11-13,19-21H,8-10,14-16H2,1-3H3/b23-11-. The van der Waals surface area contributed by atoms with Crippen molar-refractivity contribution in [3.63, 3.8) is 0 Å². The smallest absolute Gasteiger partial charge is 0.317 e. The zero-order chi connectivity index (χ0) is 24.6. The molecule has 0 atom stereocenters. The van der Waals surface area contributed by atoms with Gasteiger partial charge in [0, 0.05) is 0 Å². The van der Waals surface area contributed by atoms with Crippen LogP contribution >= 0.6 is 0 Å². The molecule has 182 valence electrons. The van der Waals surface area contributed by atoms with Gasteiger partial charge in [-0.2, -0.15) is 5.26 Å². The maximum absolute atomic E-state index is 13.4. The van der Waals surface area contributed by atoms with Gasteiger partial charge < -0.3 is 18.9 Å². The van der Waals surface area contributed by atoms with Crippen LogP contribution in [0, 0.1) is 34.5 Å². The van der Waals surface area contributed by atoms with E-state index in [4.69, 9.17) is 18.9 Å². The Morgan fingerprint density at radius 3 is 2.00 bits per heavy atom. The van der Waals surface area contributed by atoms with Crippen LogP contribution in [0.4, 0.5) is 0 Å². The summed E-state index contributed by atoms with van der Waals surface area (Å²) < 4.78 is 22.2. The van der Waals surface area contributed by atoms with Gasteiger partial charge in [0.15, 0.2) is 23.0 Å². The number of hydrogen-bond acceptors (Lipinski definition) is 6. The molecule has 4 bridgehead atoms. The number of ether oxygens (including phenoxy) is 4. The van der Waals surface area contributed by atoms with Crippen molar-refractivity contribution >= 4 is 17.6 Å². The monoisotopic (exact) mass is 473 g/mol. The predicted octanol–water partition coefficient (Wildman–Crippen LogP) is 5.90. The fourth-order valence-corrected chi connectivity index (χ4v) is 6.78. The second-order valence-electron chi connectivity index (χ2n) is 10.2. The molecule has 35 heavy (non-hydrogen) atoms. The van der Waals surface area contributed by atoms with Gasteiger partial charge in [0.2, 0.25) is 0 Å². The maximum Gasteiger partial charge on any atom is 0.317 e. The lowest BCUT2D eigenvalue weighted by Crippen LogP contribution is -2.51. The second-order valence-corrected chi connectivity index (χ2v) is 10.2. The van der Waals surface area contributed by atoms with E-state index in [9.17, 15) is 10.1 Å². The van der Waals surface area contributed by atoms with Crippen LogP contribution in [-0.4, -0.2) is 27.3 Å². The molecule has 6 heteroatoms. The number of nitrogens with zero attached hydrogens (tertiary/aromatic N) is 1. The quantitative estimate of drug-likeness (QED) is 0.216. The van der Waals surface area contributed by atoms with Crippen molar-refractivity contribution in [2.75, 3.05) is 21.3 Å². The summed E-state index contributed by atoms with van der Waals surface area (Å²) in [5.74, 6) is 3.95. The fourth-order valence-electron chi connectivity index (χ4n) is 6.78. The van der Waals surface area contributed by atoms with Gasteiger partial charge in [-0.15, -0.1) is 0 Å². The summed E-state index contributed by atoms with van der Waals surface area (Å²) >= 11 is 0. The summed E-state index contributed by atoms with van der Waals surface area (Å²) in [6, 6.07) is 13.0. The fraction of sp³-hybridized carbons (Fsp3) is 0.448. The molecular weight excluding hydrogens is 442 g/mol. The molecule has 0 radical (unpaired) electrons. The molecule has 4 aliphatic carbocycles. The third kappa shape index (κ3) is 4.36. The number of rotatable bonds is 7. The number of allylic oxidation sites excluding steroid dienone is 1. The first-order valence-electron chi connectivity index (χ1n) is 12.2. The van der Waals surface area contributed by atoms with E-state index in [1.807, 2.05) is 12.1 Å². The van der Waals surface area contributed by atoms with Crippen LogP contribution in [0.5, 0.6) is 23.0 Å². The topological polar surface area (TPSA) is 77.8 Å². The highest BCUT2D eigenvalue weighted by molar-refractivity contribution is 5.90. The van der Waals surface area contributed by atoms with Crippen molar-refractivity contribution in [1.82, 2.24) is 0 Å². The van der Waals surface area contributed by atoms with Crippen LogP contribution in [-0.2, 0) is 4.79 Å². The Hall–Kier alpha value is -3.46. The highest BCUT2D eigenvalue weighted by Crippen LogP contribution is 2.60. The number of carbonyl (C=O) groups is 1. The first kappa shape index (κ1) is 23.3. The Kier molecular flexibility index (Phi) is 6.19. The number of esters is 1. The molecule has 6 rings (SSSR count). The molecule has 0 aliphatic heterocycles. The molecule has 0 spiro atoms. The molecule has 0 unspecified atom stereocenters. The van der Waals surface area contributed by atoms with Crippen LogP contribution in [0.1, 0.15) is 49.7 Å². The minimum Gasteiger partial charge on any atom is -0.493 e. The van der Waals surface area contributed by atoms with Crippen molar-refractivity contribution in [2.45, 2.75) is 38.5 Å².